The summed E-state index contributed by atoms with van der Waals surface area (Å²) in [4.78, 5) is 15.0. The van der Waals surface area contributed by atoms with Gasteiger partial charge in [-0.2, -0.15) is 0 Å². The first-order valence-corrected chi connectivity index (χ1v) is 12.2. The van der Waals surface area contributed by atoms with Gasteiger partial charge in [-0.05, 0) is 54.4 Å². The number of nitrogens with zero attached hydrogens (tertiary/aromatic N) is 1. The fourth-order valence-electron chi connectivity index (χ4n) is 6.91. The molecular formula is C27H33N3O. The van der Waals surface area contributed by atoms with Crippen LogP contribution in [0.1, 0.15) is 73.1 Å². The summed E-state index contributed by atoms with van der Waals surface area (Å²) in [6, 6.07) is 19.0. The monoisotopic (exact) mass is 415 g/mol. The molecule has 0 unspecified atom stereocenters. The molecular weight excluding hydrogens is 382 g/mol. The first-order chi connectivity index (χ1) is 15.2. The Hall–Kier alpha value is -2.33. The van der Waals surface area contributed by atoms with Crippen molar-refractivity contribution in [2.45, 2.75) is 68.4 Å². The molecule has 0 aromatic heterocycles. The fourth-order valence-corrected chi connectivity index (χ4v) is 6.91. The molecule has 2 bridgehead atoms. The van der Waals surface area contributed by atoms with Gasteiger partial charge in [0.2, 0.25) is 0 Å². The van der Waals surface area contributed by atoms with Crippen LogP contribution in [0.3, 0.4) is 0 Å². The summed E-state index contributed by atoms with van der Waals surface area (Å²) in [5.41, 5.74) is 6.32. The molecule has 2 N–H and O–H groups in total. The number of rotatable bonds is 4. The van der Waals surface area contributed by atoms with Gasteiger partial charge in [0, 0.05) is 43.1 Å². The van der Waals surface area contributed by atoms with Gasteiger partial charge >= 0.3 is 6.03 Å². The Morgan fingerprint density at radius 2 is 1.39 bits per heavy atom. The van der Waals surface area contributed by atoms with Crippen molar-refractivity contribution in [3.05, 3.63) is 70.8 Å². The number of hydrogen-bond donors (Lipinski definition) is 2. The van der Waals surface area contributed by atoms with Gasteiger partial charge < -0.3 is 15.5 Å². The van der Waals surface area contributed by atoms with Crippen LogP contribution < -0.4 is 10.6 Å². The second kappa shape index (κ2) is 7.67. The van der Waals surface area contributed by atoms with Crippen molar-refractivity contribution in [3.8, 4) is 0 Å². The van der Waals surface area contributed by atoms with E-state index < -0.39 is 0 Å². The molecule has 3 aliphatic carbocycles. The largest absolute Gasteiger partial charge is 0.335 e. The van der Waals surface area contributed by atoms with Crippen LogP contribution in [0.15, 0.2) is 48.5 Å². The molecule has 1 saturated heterocycles. The molecule has 162 valence electrons. The van der Waals surface area contributed by atoms with E-state index in [1.807, 2.05) is 0 Å². The first-order valence-electron chi connectivity index (χ1n) is 12.2. The normalized spacial score (nSPS) is 27.8. The molecule has 2 aromatic carbocycles. The SMILES string of the molecule is O=C(NC1CCCC1)NC1CCN(CC23CC(c4ccccc42)c2ccccc23)CC1. The van der Waals surface area contributed by atoms with Crippen molar-refractivity contribution in [1.29, 1.82) is 0 Å². The topological polar surface area (TPSA) is 44.4 Å². The molecule has 4 heteroatoms. The fraction of sp³-hybridized carbons (Fsp3) is 0.519. The maximum atomic E-state index is 12.4. The Morgan fingerprint density at radius 3 is 2.00 bits per heavy atom. The predicted octanol–water partition coefficient (Wildman–Crippen LogP) is 4.53. The lowest BCUT2D eigenvalue weighted by Gasteiger charge is -2.40. The lowest BCUT2D eigenvalue weighted by Crippen LogP contribution is -2.51. The minimum atomic E-state index is 0.0428. The molecule has 4 nitrogen and oxygen atoms in total. The zero-order chi connectivity index (χ0) is 20.8. The Labute approximate surface area is 185 Å². The number of amides is 2. The third-order valence-corrected chi connectivity index (χ3v) is 8.36. The Kier molecular flexibility index (Phi) is 4.79. The van der Waals surface area contributed by atoms with Gasteiger partial charge in [0.25, 0.3) is 0 Å². The molecule has 2 aromatic rings. The molecule has 0 atom stereocenters. The second-order valence-electron chi connectivity index (χ2n) is 10.2. The first kappa shape index (κ1) is 19.4. The lowest BCUT2D eigenvalue weighted by atomic mass is 9.74. The number of benzene rings is 2. The average Bonchev–Trinajstić information content (AvgIpc) is 3.50. The highest BCUT2D eigenvalue weighted by molar-refractivity contribution is 5.74. The van der Waals surface area contributed by atoms with Crippen LogP contribution in [0.25, 0.3) is 0 Å². The van der Waals surface area contributed by atoms with Crippen LogP contribution in [0.2, 0.25) is 0 Å². The van der Waals surface area contributed by atoms with Gasteiger partial charge in [0.1, 0.15) is 0 Å². The van der Waals surface area contributed by atoms with E-state index in [1.165, 1.54) is 19.3 Å². The number of piperidine rings is 1. The van der Waals surface area contributed by atoms with Gasteiger partial charge in [0.15, 0.2) is 0 Å². The van der Waals surface area contributed by atoms with Crippen molar-refractivity contribution < 1.29 is 4.79 Å². The smallest absolute Gasteiger partial charge is 0.315 e. The lowest BCUT2D eigenvalue weighted by molar-refractivity contribution is 0.168. The summed E-state index contributed by atoms with van der Waals surface area (Å²) in [7, 11) is 0. The highest BCUT2D eigenvalue weighted by atomic mass is 16.2. The third-order valence-electron chi connectivity index (χ3n) is 8.36. The van der Waals surface area contributed by atoms with Gasteiger partial charge in [-0.1, -0.05) is 61.4 Å². The summed E-state index contributed by atoms with van der Waals surface area (Å²) < 4.78 is 0. The summed E-state index contributed by atoms with van der Waals surface area (Å²) >= 11 is 0. The zero-order valence-corrected chi connectivity index (χ0v) is 18.3. The molecule has 1 aliphatic heterocycles. The Morgan fingerprint density at radius 1 is 0.839 bits per heavy atom. The summed E-state index contributed by atoms with van der Waals surface area (Å²) in [6.45, 7) is 3.22. The van der Waals surface area contributed by atoms with E-state index >= 15 is 0 Å². The van der Waals surface area contributed by atoms with Crippen LogP contribution >= 0.6 is 0 Å². The van der Waals surface area contributed by atoms with Gasteiger partial charge in [-0.3, -0.25) is 0 Å². The minimum absolute atomic E-state index is 0.0428. The zero-order valence-electron chi connectivity index (χ0n) is 18.3. The minimum Gasteiger partial charge on any atom is -0.335 e. The van der Waals surface area contributed by atoms with E-state index in [0.29, 0.717) is 18.0 Å². The van der Waals surface area contributed by atoms with Crippen molar-refractivity contribution in [2.75, 3.05) is 19.6 Å². The number of urea groups is 1. The number of hydrogen-bond acceptors (Lipinski definition) is 2. The van der Waals surface area contributed by atoms with E-state index in [2.05, 4.69) is 64.1 Å². The molecule has 1 saturated carbocycles. The Bertz CT molecular complexity index is 924. The second-order valence-corrected chi connectivity index (χ2v) is 10.2. The van der Waals surface area contributed by atoms with E-state index in [1.54, 1.807) is 22.3 Å². The van der Waals surface area contributed by atoms with Gasteiger partial charge in [-0.15, -0.1) is 0 Å². The van der Waals surface area contributed by atoms with E-state index in [9.17, 15) is 4.79 Å². The van der Waals surface area contributed by atoms with Crippen LogP contribution in [0.4, 0.5) is 4.79 Å². The molecule has 4 aliphatic rings. The Balaban J connectivity index is 1.13. The summed E-state index contributed by atoms with van der Waals surface area (Å²) in [6.07, 6.45) is 8.07. The van der Waals surface area contributed by atoms with E-state index in [0.717, 1.165) is 45.3 Å². The van der Waals surface area contributed by atoms with E-state index in [4.69, 9.17) is 0 Å². The molecule has 0 radical (unpaired) electrons. The molecule has 31 heavy (non-hydrogen) atoms. The number of carbonyl (C=O) groups is 1. The van der Waals surface area contributed by atoms with E-state index in [-0.39, 0.29) is 11.4 Å². The summed E-state index contributed by atoms with van der Waals surface area (Å²) in [5, 5.41) is 6.42. The highest BCUT2D eigenvalue weighted by Gasteiger charge is 2.53. The summed E-state index contributed by atoms with van der Waals surface area (Å²) in [5.74, 6) is 0.561. The molecule has 0 spiro atoms. The molecule has 2 amide bonds. The quantitative estimate of drug-likeness (QED) is 0.771. The molecule has 1 heterocycles. The standard InChI is InChI=1S/C27H33N3O/c31-26(28-19-7-1-2-8-19)29-20-13-15-30(16-14-20)18-27-17-23(21-9-3-5-11-24(21)27)22-10-4-6-12-25(22)27/h3-6,9-12,19-20,23H,1-2,7-8,13-18H2,(H2,28,29,31). The number of likely N-dealkylation sites (tertiary alicyclic amines) is 1. The van der Waals surface area contributed by atoms with Crippen molar-refractivity contribution in [2.24, 2.45) is 0 Å². The van der Waals surface area contributed by atoms with Crippen molar-refractivity contribution in [3.63, 3.8) is 0 Å². The maximum Gasteiger partial charge on any atom is 0.315 e. The number of fused-ring (bicyclic) bond motifs is 8. The maximum absolute atomic E-state index is 12.4. The third kappa shape index (κ3) is 3.27. The number of carbonyl (C=O) groups excluding carboxylic acids is 1. The van der Waals surface area contributed by atoms with Crippen LogP contribution in [0, 0.1) is 0 Å². The van der Waals surface area contributed by atoms with Crippen LogP contribution in [0.5, 0.6) is 0 Å². The van der Waals surface area contributed by atoms with Crippen LogP contribution in [-0.4, -0.2) is 42.6 Å². The molecule has 6 rings (SSSR count). The highest BCUT2D eigenvalue weighted by Crippen LogP contribution is 2.60. The van der Waals surface area contributed by atoms with Crippen LogP contribution in [-0.2, 0) is 5.41 Å². The van der Waals surface area contributed by atoms with Gasteiger partial charge in [-0.25, -0.2) is 4.79 Å². The van der Waals surface area contributed by atoms with Crippen molar-refractivity contribution >= 4 is 6.03 Å². The number of nitrogens with one attached hydrogen (secondary N) is 2. The predicted molar refractivity (Wildman–Crippen MR) is 124 cm³/mol. The van der Waals surface area contributed by atoms with Gasteiger partial charge in [0.05, 0.1) is 0 Å². The molecule has 2 fully saturated rings. The van der Waals surface area contributed by atoms with Crippen molar-refractivity contribution in [1.82, 2.24) is 15.5 Å². The average molecular weight is 416 g/mol.